The highest BCUT2D eigenvalue weighted by Gasteiger charge is 2.09. The summed E-state index contributed by atoms with van der Waals surface area (Å²) in [6.45, 7) is 7.09. The largest absolute Gasteiger partial charge is 0.490 e. The molecule has 25 heavy (non-hydrogen) atoms. The van der Waals surface area contributed by atoms with Gasteiger partial charge in [0.15, 0.2) is 11.5 Å². The number of hydrogen-bond donors (Lipinski definition) is 2. The summed E-state index contributed by atoms with van der Waals surface area (Å²) in [7, 11) is 0. The minimum atomic E-state index is -0.140. The van der Waals surface area contributed by atoms with Gasteiger partial charge in [0.2, 0.25) is 5.91 Å². The van der Waals surface area contributed by atoms with E-state index in [0.29, 0.717) is 30.4 Å². The van der Waals surface area contributed by atoms with E-state index in [1.54, 1.807) is 18.2 Å². The molecule has 2 aromatic rings. The summed E-state index contributed by atoms with van der Waals surface area (Å²) >= 11 is 3.49. The van der Waals surface area contributed by atoms with Crippen LogP contribution >= 0.6 is 15.9 Å². The Morgan fingerprint density at radius 2 is 1.76 bits per heavy atom. The molecular weight excluding hydrogens is 384 g/mol. The van der Waals surface area contributed by atoms with Crippen molar-refractivity contribution < 1.29 is 14.3 Å². The van der Waals surface area contributed by atoms with Crippen molar-refractivity contribution in [3.05, 3.63) is 46.4 Å². The van der Waals surface area contributed by atoms with Crippen molar-refractivity contribution in [2.24, 2.45) is 0 Å². The van der Waals surface area contributed by atoms with Crippen molar-refractivity contribution in [3.63, 3.8) is 0 Å². The van der Waals surface area contributed by atoms with Gasteiger partial charge < -0.3 is 20.1 Å². The second-order valence-electron chi connectivity index (χ2n) is 5.41. The average Bonchev–Trinajstić information content (AvgIpc) is 2.57. The third-order valence-corrected chi connectivity index (χ3v) is 4.05. The van der Waals surface area contributed by atoms with E-state index < -0.39 is 0 Å². The van der Waals surface area contributed by atoms with Crippen molar-refractivity contribution >= 4 is 33.2 Å². The standard InChI is InChI=1S/C19H23BrN2O3/c1-4-24-17-9-7-14(11-18(17)25-5-2)22-19(23)12-21-16-8-6-13(3)10-15(16)20/h6-11,21H,4-5,12H2,1-3H3,(H,22,23). The molecule has 0 saturated heterocycles. The Balaban J connectivity index is 1.98. The van der Waals surface area contributed by atoms with Gasteiger partial charge in [-0.25, -0.2) is 0 Å². The van der Waals surface area contributed by atoms with Crippen molar-refractivity contribution in [3.8, 4) is 11.5 Å². The van der Waals surface area contributed by atoms with Gasteiger partial charge in [-0.05, 0) is 66.5 Å². The van der Waals surface area contributed by atoms with Crippen LogP contribution in [0.3, 0.4) is 0 Å². The number of amides is 1. The van der Waals surface area contributed by atoms with E-state index in [2.05, 4.69) is 26.6 Å². The third-order valence-electron chi connectivity index (χ3n) is 3.39. The molecule has 2 aromatic carbocycles. The zero-order chi connectivity index (χ0) is 18.2. The van der Waals surface area contributed by atoms with E-state index in [1.807, 2.05) is 39.0 Å². The Morgan fingerprint density at radius 1 is 1.04 bits per heavy atom. The quantitative estimate of drug-likeness (QED) is 0.671. The summed E-state index contributed by atoms with van der Waals surface area (Å²) in [6.07, 6.45) is 0. The molecule has 0 aliphatic rings. The molecule has 2 rings (SSSR count). The highest BCUT2D eigenvalue weighted by atomic mass is 79.9. The Hall–Kier alpha value is -2.21. The van der Waals surface area contributed by atoms with E-state index in [9.17, 15) is 4.79 Å². The lowest BCUT2D eigenvalue weighted by molar-refractivity contribution is -0.114. The van der Waals surface area contributed by atoms with Crippen molar-refractivity contribution in [1.82, 2.24) is 0 Å². The average molecular weight is 407 g/mol. The number of carbonyl (C=O) groups is 1. The number of carbonyl (C=O) groups excluding carboxylic acids is 1. The van der Waals surface area contributed by atoms with E-state index >= 15 is 0 Å². The van der Waals surface area contributed by atoms with E-state index in [4.69, 9.17) is 9.47 Å². The molecule has 1 amide bonds. The smallest absolute Gasteiger partial charge is 0.243 e. The lowest BCUT2D eigenvalue weighted by atomic mass is 10.2. The van der Waals surface area contributed by atoms with Crippen LogP contribution in [0.4, 0.5) is 11.4 Å². The Labute approximate surface area is 156 Å². The van der Waals surface area contributed by atoms with Crippen LogP contribution in [0.1, 0.15) is 19.4 Å². The van der Waals surface area contributed by atoms with Gasteiger partial charge in [-0.15, -0.1) is 0 Å². The molecule has 0 radical (unpaired) electrons. The highest BCUT2D eigenvalue weighted by molar-refractivity contribution is 9.10. The molecule has 0 aromatic heterocycles. The monoisotopic (exact) mass is 406 g/mol. The molecule has 0 aliphatic carbocycles. The first-order chi connectivity index (χ1) is 12.0. The molecule has 0 fully saturated rings. The van der Waals surface area contributed by atoms with Crippen LogP contribution < -0.4 is 20.1 Å². The number of anilines is 2. The number of ether oxygens (including phenoxy) is 2. The Kier molecular flexibility index (Phi) is 7.13. The number of hydrogen-bond acceptors (Lipinski definition) is 4. The number of aryl methyl sites for hydroxylation is 1. The van der Waals surface area contributed by atoms with Crippen LogP contribution in [0.15, 0.2) is 40.9 Å². The van der Waals surface area contributed by atoms with Gasteiger partial charge in [0, 0.05) is 21.9 Å². The first-order valence-corrected chi connectivity index (χ1v) is 9.02. The molecule has 0 saturated carbocycles. The van der Waals surface area contributed by atoms with Crippen LogP contribution in [-0.4, -0.2) is 25.7 Å². The molecule has 134 valence electrons. The van der Waals surface area contributed by atoms with Crippen LogP contribution in [0.5, 0.6) is 11.5 Å². The summed E-state index contributed by atoms with van der Waals surface area (Å²) in [4.78, 5) is 12.2. The zero-order valence-electron chi connectivity index (χ0n) is 14.7. The third kappa shape index (κ3) is 5.67. The molecule has 5 nitrogen and oxygen atoms in total. The minimum absolute atomic E-state index is 0.140. The number of benzene rings is 2. The summed E-state index contributed by atoms with van der Waals surface area (Å²) in [5.41, 5.74) is 2.70. The molecule has 2 N–H and O–H groups in total. The second kappa shape index (κ2) is 9.32. The number of nitrogens with one attached hydrogen (secondary N) is 2. The molecule has 0 spiro atoms. The molecule has 0 unspecified atom stereocenters. The van der Waals surface area contributed by atoms with Crippen molar-refractivity contribution in [2.75, 3.05) is 30.4 Å². The van der Waals surface area contributed by atoms with Gasteiger partial charge in [-0.2, -0.15) is 0 Å². The number of rotatable bonds is 8. The molecule has 0 aliphatic heterocycles. The van der Waals surface area contributed by atoms with Gasteiger partial charge in [0.05, 0.1) is 19.8 Å². The predicted molar refractivity (Wildman–Crippen MR) is 105 cm³/mol. The van der Waals surface area contributed by atoms with Gasteiger partial charge >= 0.3 is 0 Å². The Bertz CT molecular complexity index is 735. The fraction of sp³-hybridized carbons (Fsp3) is 0.316. The normalized spacial score (nSPS) is 10.2. The van der Waals surface area contributed by atoms with Crippen LogP contribution in [-0.2, 0) is 4.79 Å². The summed E-state index contributed by atoms with van der Waals surface area (Å²) in [6, 6.07) is 11.3. The van der Waals surface area contributed by atoms with E-state index in [1.165, 1.54) is 0 Å². The van der Waals surface area contributed by atoms with Gasteiger partial charge in [0.1, 0.15) is 0 Å². The van der Waals surface area contributed by atoms with Crippen molar-refractivity contribution in [1.29, 1.82) is 0 Å². The summed E-state index contributed by atoms with van der Waals surface area (Å²) in [5.74, 6) is 1.15. The molecular formula is C19H23BrN2O3. The first-order valence-electron chi connectivity index (χ1n) is 8.23. The topological polar surface area (TPSA) is 59.6 Å². The van der Waals surface area contributed by atoms with Gasteiger partial charge in [-0.1, -0.05) is 6.07 Å². The van der Waals surface area contributed by atoms with E-state index in [-0.39, 0.29) is 12.5 Å². The molecule has 0 atom stereocenters. The highest BCUT2D eigenvalue weighted by Crippen LogP contribution is 2.30. The van der Waals surface area contributed by atoms with E-state index in [0.717, 1.165) is 15.7 Å². The molecule has 0 bridgehead atoms. The predicted octanol–water partition coefficient (Wildman–Crippen LogP) is 4.61. The maximum atomic E-state index is 12.2. The van der Waals surface area contributed by atoms with Crippen molar-refractivity contribution in [2.45, 2.75) is 20.8 Å². The second-order valence-corrected chi connectivity index (χ2v) is 6.27. The number of halogens is 1. The fourth-order valence-electron chi connectivity index (χ4n) is 2.27. The van der Waals surface area contributed by atoms with Crippen LogP contribution in [0, 0.1) is 6.92 Å². The fourth-order valence-corrected chi connectivity index (χ4v) is 2.91. The van der Waals surface area contributed by atoms with Crippen LogP contribution in [0.25, 0.3) is 0 Å². The maximum Gasteiger partial charge on any atom is 0.243 e. The SMILES string of the molecule is CCOc1ccc(NC(=O)CNc2ccc(C)cc2Br)cc1OCC. The first kappa shape index (κ1) is 19.1. The lowest BCUT2D eigenvalue weighted by Gasteiger charge is -2.13. The summed E-state index contributed by atoms with van der Waals surface area (Å²) in [5, 5.41) is 5.98. The molecule has 0 heterocycles. The van der Waals surface area contributed by atoms with Crippen LogP contribution in [0.2, 0.25) is 0 Å². The maximum absolute atomic E-state index is 12.2. The Morgan fingerprint density at radius 3 is 2.44 bits per heavy atom. The van der Waals surface area contributed by atoms with Gasteiger partial charge in [0.25, 0.3) is 0 Å². The minimum Gasteiger partial charge on any atom is -0.490 e. The summed E-state index contributed by atoms with van der Waals surface area (Å²) < 4.78 is 12.0. The zero-order valence-corrected chi connectivity index (χ0v) is 16.3. The lowest BCUT2D eigenvalue weighted by Crippen LogP contribution is -2.22. The van der Waals surface area contributed by atoms with Gasteiger partial charge in [-0.3, -0.25) is 4.79 Å². The molecule has 6 heteroatoms.